The number of H-pyrrole nitrogens is 1. The molecule has 1 aliphatic rings. The standard InChI is InChI=1S/C20H27FN2O2/c1-13(2)6-9-23-10-7-15(8-11-23)25-17-5-4-16-18(19(17)21)14(3)12-22-20(16)24/h4-5,12-13,15H,6-11H2,1-3H3,(H,22,24). The number of piperidine rings is 1. The normalized spacial score (nSPS) is 16.7. The summed E-state index contributed by atoms with van der Waals surface area (Å²) in [7, 11) is 0. The Kier molecular flexibility index (Phi) is 5.42. The van der Waals surface area contributed by atoms with Crippen LogP contribution in [0.5, 0.6) is 5.75 Å². The van der Waals surface area contributed by atoms with Gasteiger partial charge < -0.3 is 14.6 Å². The van der Waals surface area contributed by atoms with Crippen LogP contribution in [0.3, 0.4) is 0 Å². The molecule has 1 fully saturated rings. The molecule has 5 heteroatoms. The SMILES string of the molecule is Cc1c[nH]c(=O)c2ccc(OC3CCN(CCC(C)C)CC3)c(F)c12. The van der Waals surface area contributed by atoms with Gasteiger partial charge in [0.15, 0.2) is 11.6 Å². The number of hydrogen-bond donors (Lipinski definition) is 1. The number of hydrogen-bond acceptors (Lipinski definition) is 3. The Morgan fingerprint density at radius 1 is 1.32 bits per heavy atom. The van der Waals surface area contributed by atoms with E-state index in [4.69, 9.17) is 4.74 Å². The van der Waals surface area contributed by atoms with Crippen LogP contribution in [0.1, 0.15) is 38.7 Å². The first-order chi connectivity index (χ1) is 12.0. The number of halogens is 1. The lowest BCUT2D eigenvalue weighted by Crippen LogP contribution is -2.39. The Balaban J connectivity index is 1.69. The highest BCUT2D eigenvalue weighted by Crippen LogP contribution is 2.29. The number of fused-ring (bicyclic) bond motifs is 1. The number of pyridine rings is 1. The van der Waals surface area contributed by atoms with Gasteiger partial charge in [0.25, 0.3) is 5.56 Å². The Hall–Kier alpha value is -1.88. The molecular weight excluding hydrogens is 319 g/mol. The average Bonchev–Trinajstić information content (AvgIpc) is 2.59. The van der Waals surface area contributed by atoms with Gasteiger partial charge in [-0.2, -0.15) is 0 Å². The van der Waals surface area contributed by atoms with Gasteiger partial charge in [-0.15, -0.1) is 0 Å². The van der Waals surface area contributed by atoms with Gasteiger partial charge in [0, 0.05) is 24.7 Å². The van der Waals surface area contributed by atoms with Crippen molar-refractivity contribution in [1.29, 1.82) is 0 Å². The lowest BCUT2D eigenvalue weighted by Gasteiger charge is -2.32. The number of rotatable bonds is 5. The number of aryl methyl sites for hydroxylation is 1. The van der Waals surface area contributed by atoms with E-state index in [2.05, 4.69) is 23.7 Å². The summed E-state index contributed by atoms with van der Waals surface area (Å²) < 4.78 is 20.8. The third-order valence-corrected chi connectivity index (χ3v) is 5.02. The molecule has 0 unspecified atom stereocenters. The predicted molar refractivity (Wildman–Crippen MR) is 98.8 cm³/mol. The van der Waals surface area contributed by atoms with E-state index in [-0.39, 0.29) is 17.4 Å². The van der Waals surface area contributed by atoms with Crippen molar-refractivity contribution in [3.8, 4) is 5.75 Å². The number of nitrogens with one attached hydrogen (secondary N) is 1. The molecule has 1 aliphatic heterocycles. The number of ether oxygens (including phenoxy) is 1. The van der Waals surface area contributed by atoms with Crippen molar-refractivity contribution in [3.63, 3.8) is 0 Å². The maximum Gasteiger partial charge on any atom is 0.255 e. The Bertz CT molecular complexity index is 792. The minimum atomic E-state index is -0.427. The molecule has 0 radical (unpaired) electrons. The summed E-state index contributed by atoms with van der Waals surface area (Å²) in [5.74, 6) is 0.539. The lowest BCUT2D eigenvalue weighted by atomic mass is 10.0. The van der Waals surface area contributed by atoms with Crippen LogP contribution in [0.4, 0.5) is 4.39 Å². The molecule has 0 spiro atoms. The predicted octanol–water partition coefficient (Wildman–Crippen LogP) is 3.86. The van der Waals surface area contributed by atoms with Crippen LogP contribution in [0, 0.1) is 18.7 Å². The maximum absolute atomic E-state index is 14.9. The molecule has 0 aliphatic carbocycles. The second-order valence-corrected chi connectivity index (χ2v) is 7.44. The highest BCUT2D eigenvalue weighted by atomic mass is 19.1. The Labute approximate surface area is 148 Å². The largest absolute Gasteiger partial charge is 0.487 e. The van der Waals surface area contributed by atoms with Crippen molar-refractivity contribution in [2.75, 3.05) is 19.6 Å². The lowest BCUT2D eigenvalue weighted by molar-refractivity contribution is 0.0950. The molecule has 0 amide bonds. The monoisotopic (exact) mass is 346 g/mol. The average molecular weight is 346 g/mol. The van der Waals surface area contributed by atoms with E-state index in [0.717, 1.165) is 32.5 Å². The fourth-order valence-corrected chi connectivity index (χ4v) is 3.42. The second-order valence-electron chi connectivity index (χ2n) is 7.44. The maximum atomic E-state index is 14.9. The second kappa shape index (κ2) is 7.56. The van der Waals surface area contributed by atoms with E-state index in [9.17, 15) is 9.18 Å². The Morgan fingerprint density at radius 3 is 2.72 bits per heavy atom. The molecule has 0 saturated carbocycles. The van der Waals surface area contributed by atoms with Gasteiger partial charge >= 0.3 is 0 Å². The topological polar surface area (TPSA) is 45.3 Å². The van der Waals surface area contributed by atoms with Crippen molar-refractivity contribution < 1.29 is 9.13 Å². The molecule has 0 bridgehead atoms. The third-order valence-electron chi connectivity index (χ3n) is 5.02. The number of benzene rings is 1. The van der Waals surface area contributed by atoms with Crippen LogP contribution < -0.4 is 10.3 Å². The zero-order valence-electron chi connectivity index (χ0n) is 15.3. The molecule has 136 valence electrons. The Morgan fingerprint density at radius 2 is 2.04 bits per heavy atom. The molecule has 2 aromatic rings. The minimum absolute atomic E-state index is 0.0320. The van der Waals surface area contributed by atoms with Gasteiger partial charge in [0.05, 0.1) is 5.39 Å². The van der Waals surface area contributed by atoms with E-state index in [1.807, 2.05) is 0 Å². The van der Waals surface area contributed by atoms with Crippen LogP contribution in [0.2, 0.25) is 0 Å². The van der Waals surface area contributed by atoms with E-state index in [0.29, 0.717) is 22.3 Å². The van der Waals surface area contributed by atoms with Crippen LogP contribution >= 0.6 is 0 Å². The highest BCUT2D eigenvalue weighted by Gasteiger charge is 2.22. The van der Waals surface area contributed by atoms with Gasteiger partial charge in [-0.25, -0.2) is 4.39 Å². The first-order valence-corrected chi connectivity index (χ1v) is 9.15. The molecule has 0 atom stereocenters. The summed E-state index contributed by atoms with van der Waals surface area (Å²) >= 11 is 0. The molecule has 25 heavy (non-hydrogen) atoms. The van der Waals surface area contributed by atoms with E-state index >= 15 is 0 Å². The number of aromatic amines is 1. The number of nitrogens with zero attached hydrogens (tertiary/aromatic N) is 1. The van der Waals surface area contributed by atoms with Crippen molar-refractivity contribution in [3.05, 3.63) is 40.1 Å². The van der Waals surface area contributed by atoms with Gasteiger partial charge in [-0.3, -0.25) is 4.79 Å². The fraction of sp³-hybridized carbons (Fsp3) is 0.550. The van der Waals surface area contributed by atoms with Gasteiger partial charge in [0.2, 0.25) is 0 Å². The summed E-state index contributed by atoms with van der Waals surface area (Å²) in [4.78, 5) is 16.9. The summed E-state index contributed by atoms with van der Waals surface area (Å²) in [6.07, 6.45) is 4.60. The fourth-order valence-electron chi connectivity index (χ4n) is 3.42. The van der Waals surface area contributed by atoms with Crippen LogP contribution in [0.25, 0.3) is 10.8 Å². The van der Waals surface area contributed by atoms with E-state index in [1.54, 1.807) is 25.3 Å². The van der Waals surface area contributed by atoms with Crippen LogP contribution in [-0.4, -0.2) is 35.6 Å². The molecule has 3 rings (SSSR count). The van der Waals surface area contributed by atoms with Crippen molar-refractivity contribution in [2.45, 2.75) is 46.1 Å². The van der Waals surface area contributed by atoms with E-state index in [1.165, 1.54) is 6.42 Å². The zero-order chi connectivity index (χ0) is 18.0. The summed E-state index contributed by atoms with van der Waals surface area (Å²) in [6, 6.07) is 3.23. The van der Waals surface area contributed by atoms with Crippen LogP contribution in [0.15, 0.2) is 23.1 Å². The molecule has 2 heterocycles. The minimum Gasteiger partial charge on any atom is -0.487 e. The third kappa shape index (κ3) is 4.03. The van der Waals surface area contributed by atoms with Crippen molar-refractivity contribution in [1.82, 2.24) is 9.88 Å². The molecule has 4 nitrogen and oxygen atoms in total. The summed E-state index contributed by atoms with van der Waals surface area (Å²) in [5.41, 5.74) is 0.436. The van der Waals surface area contributed by atoms with Crippen LogP contribution in [-0.2, 0) is 0 Å². The smallest absolute Gasteiger partial charge is 0.255 e. The summed E-state index contributed by atoms with van der Waals surface area (Å²) in [5, 5.41) is 0.726. The molecule has 1 saturated heterocycles. The van der Waals surface area contributed by atoms with Gasteiger partial charge in [-0.05, 0) is 56.3 Å². The first-order valence-electron chi connectivity index (χ1n) is 9.15. The van der Waals surface area contributed by atoms with E-state index < -0.39 is 5.82 Å². The zero-order valence-corrected chi connectivity index (χ0v) is 15.3. The number of aromatic nitrogens is 1. The van der Waals surface area contributed by atoms with Crippen molar-refractivity contribution >= 4 is 10.8 Å². The quantitative estimate of drug-likeness (QED) is 0.894. The van der Waals surface area contributed by atoms with Gasteiger partial charge in [0.1, 0.15) is 6.10 Å². The molecule has 1 aromatic carbocycles. The summed E-state index contributed by atoms with van der Waals surface area (Å²) in [6.45, 7) is 9.38. The molecule has 1 aromatic heterocycles. The molecular formula is C20H27FN2O2. The number of likely N-dealkylation sites (tertiary alicyclic amines) is 1. The molecule has 1 N–H and O–H groups in total. The highest BCUT2D eigenvalue weighted by molar-refractivity contribution is 5.86. The van der Waals surface area contributed by atoms with Crippen molar-refractivity contribution in [2.24, 2.45) is 5.92 Å². The van der Waals surface area contributed by atoms with Gasteiger partial charge in [-0.1, -0.05) is 13.8 Å². The first kappa shape index (κ1) is 17.9.